The number of hydrogen-bond donors (Lipinski definition) is 1. The number of aliphatic hydroxyl groups is 1. The van der Waals surface area contributed by atoms with Crippen LogP contribution in [0.3, 0.4) is 0 Å². The van der Waals surface area contributed by atoms with Crippen molar-refractivity contribution in [1.82, 2.24) is 9.19 Å². The standard InChI is InChI=1S/C20H19ClN2O3S/c1-14-4-10-17(11-5-14)27(25,26)23-13-18-19(22-23)3-2-12-20(18,24)15-6-8-16(21)9-7-15/h4-11,13,24H,2-3,12H2,1H3. The van der Waals surface area contributed by atoms with E-state index in [2.05, 4.69) is 5.10 Å². The number of aromatic nitrogens is 2. The lowest BCUT2D eigenvalue weighted by Crippen LogP contribution is -2.31. The Kier molecular flexibility index (Phi) is 4.37. The maximum Gasteiger partial charge on any atom is 0.282 e. The van der Waals surface area contributed by atoms with E-state index in [4.69, 9.17) is 11.6 Å². The number of aryl methyl sites for hydroxylation is 2. The van der Waals surface area contributed by atoms with Crippen LogP contribution >= 0.6 is 11.6 Å². The molecular formula is C20H19ClN2O3S. The van der Waals surface area contributed by atoms with Gasteiger partial charge in [-0.3, -0.25) is 0 Å². The van der Waals surface area contributed by atoms with E-state index in [1.165, 1.54) is 6.20 Å². The molecule has 0 bridgehead atoms. The van der Waals surface area contributed by atoms with Crippen molar-refractivity contribution in [3.63, 3.8) is 0 Å². The minimum atomic E-state index is -3.82. The van der Waals surface area contributed by atoms with Gasteiger partial charge in [-0.1, -0.05) is 41.4 Å². The van der Waals surface area contributed by atoms with E-state index < -0.39 is 15.6 Å². The Morgan fingerprint density at radius 1 is 1.11 bits per heavy atom. The van der Waals surface area contributed by atoms with Gasteiger partial charge in [0.25, 0.3) is 10.0 Å². The molecule has 2 aromatic carbocycles. The van der Waals surface area contributed by atoms with Gasteiger partial charge in [-0.2, -0.15) is 17.6 Å². The van der Waals surface area contributed by atoms with Crippen LogP contribution in [0.15, 0.2) is 59.6 Å². The average molecular weight is 403 g/mol. The molecule has 0 aliphatic heterocycles. The Balaban J connectivity index is 1.81. The van der Waals surface area contributed by atoms with Crippen LogP contribution in [0.5, 0.6) is 0 Å². The molecule has 1 N–H and O–H groups in total. The Hall–Kier alpha value is -2.15. The molecule has 4 rings (SSSR count). The zero-order valence-corrected chi connectivity index (χ0v) is 16.3. The summed E-state index contributed by atoms with van der Waals surface area (Å²) in [6.45, 7) is 1.90. The van der Waals surface area contributed by atoms with Crippen LogP contribution in [-0.4, -0.2) is 22.7 Å². The van der Waals surface area contributed by atoms with E-state index in [9.17, 15) is 13.5 Å². The van der Waals surface area contributed by atoms with Gasteiger partial charge in [0, 0.05) is 16.8 Å². The van der Waals surface area contributed by atoms with Gasteiger partial charge in [0.2, 0.25) is 0 Å². The molecule has 1 aromatic heterocycles. The van der Waals surface area contributed by atoms with Crippen molar-refractivity contribution in [1.29, 1.82) is 0 Å². The number of nitrogens with zero attached hydrogens (tertiary/aromatic N) is 2. The molecule has 0 amide bonds. The lowest BCUT2D eigenvalue weighted by atomic mass is 9.78. The number of rotatable bonds is 3. The molecule has 7 heteroatoms. The van der Waals surface area contributed by atoms with Crippen LogP contribution in [0, 0.1) is 6.92 Å². The van der Waals surface area contributed by atoms with Gasteiger partial charge in [0.1, 0.15) is 5.60 Å². The van der Waals surface area contributed by atoms with Gasteiger partial charge in [0.15, 0.2) is 0 Å². The molecule has 1 atom stereocenters. The number of halogens is 1. The van der Waals surface area contributed by atoms with E-state index in [1.807, 2.05) is 6.92 Å². The van der Waals surface area contributed by atoms with Gasteiger partial charge in [-0.25, -0.2) is 0 Å². The quantitative estimate of drug-likeness (QED) is 0.725. The monoisotopic (exact) mass is 402 g/mol. The smallest absolute Gasteiger partial charge is 0.282 e. The van der Waals surface area contributed by atoms with Crippen molar-refractivity contribution < 1.29 is 13.5 Å². The second kappa shape index (κ2) is 6.48. The van der Waals surface area contributed by atoms with Crippen LogP contribution in [0.25, 0.3) is 0 Å². The molecule has 27 heavy (non-hydrogen) atoms. The van der Waals surface area contributed by atoms with Gasteiger partial charge >= 0.3 is 0 Å². The van der Waals surface area contributed by atoms with Crippen LogP contribution in [0.2, 0.25) is 5.02 Å². The van der Waals surface area contributed by atoms with Crippen molar-refractivity contribution in [2.24, 2.45) is 0 Å². The highest BCUT2D eigenvalue weighted by molar-refractivity contribution is 7.89. The first-order valence-electron chi connectivity index (χ1n) is 8.70. The fraction of sp³-hybridized carbons (Fsp3) is 0.250. The SMILES string of the molecule is Cc1ccc(S(=O)(=O)n2cc3c(n2)CCCC3(O)c2ccc(Cl)cc2)cc1. The van der Waals surface area contributed by atoms with Gasteiger partial charge in [-0.05, 0) is 56.0 Å². The summed E-state index contributed by atoms with van der Waals surface area (Å²) in [7, 11) is -3.82. The lowest BCUT2D eigenvalue weighted by molar-refractivity contribution is 0.0615. The summed E-state index contributed by atoms with van der Waals surface area (Å²) in [5, 5.41) is 16.3. The van der Waals surface area contributed by atoms with Gasteiger partial charge in [-0.15, -0.1) is 0 Å². The Morgan fingerprint density at radius 3 is 2.44 bits per heavy atom. The molecule has 1 unspecified atom stereocenters. The van der Waals surface area contributed by atoms with Crippen molar-refractivity contribution in [2.45, 2.75) is 36.7 Å². The third-order valence-electron chi connectivity index (χ3n) is 5.05. The summed E-state index contributed by atoms with van der Waals surface area (Å²) in [6, 6.07) is 13.6. The lowest BCUT2D eigenvalue weighted by Gasteiger charge is -2.32. The highest BCUT2D eigenvalue weighted by Gasteiger charge is 2.39. The number of benzene rings is 2. The summed E-state index contributed by atoms with van der Waals surface area (Å²) in [6.07, 6.45) is 3.28. The molecular weight excluding hydrogens is 384 g/mol. The molecule has 0 fully saturated rings. The van der Waals surface area contributed by atoms with Crippen LogP contribution in [-0.2, 0) is 22.0 Å². The largest absolute Gasteiger partial charge is 0.380 e. The number of hydrogen-bond acceptors (Lipinski definition) is 4. The summed E-state index contributed by atoms with van der Waals surface area (Å²) in [5.74, 6) is 0. The Bertz CT molecular complexity index is 1090. The normalized spacial score (nSPS) is 19.7. The molecule has 0 spiro atoms. The Morgan fingerprint density at radius 2 is 1.78 bits per heavy atom. The second-order valence-electron chi connectivity index (χ2n) is 6.90. The first-order chi connectivity index (χ1) is 12.8. The first kappa shape index (κ1) is 18.2. The molecule has 0 saturated heterocycles. The minimum absolute atomic E-state index is 0.169. The molecule has 0 saturated carbocycles. The van der Waals surface area contributed by atoms with Crippen LogP contribution < -0.4 is 0 Å². The van der Waals surface area contributed by atoms with E-state index >= 15 is 0 Å². The fourth-order valence-electron chi connectivity index (χ4n) is 3.53. The third-order valence-corrected chi connectivity index (χ3v) is 6.85. The topological polar surface area (TPSA) is 72.2 Å². The van der Waals surface area contributed by atoms with E-state index in [-0.39, 0.29) is 4.90 Å². The van der Waals surface area contributed by atoms with Crippen LogP contribution in [0.4, 0.5) is 0 Å². The highest BCUT2D eigenvalue weighted by Crippen LogP contribution is 2.40. The maximum atomic E-state index is 13.0. The summed E-state index contributed by atoms with van der Waals surface area (Å²) >= 11 is 5.96. The third kappa shape index (κ3) is 3.08. The summed E-state index contributed by atoms with van der Waals surface area (Å²) in [5.41, 5.74) is 1.52. The fourth-order valence-corrected chi connectivity index (χ4v) is 4.80. The molecule has 5 nitrogen and oxygen atoms in total. The zero-order chi connectivity index (χ0) is 19.2. The second-order valence-corrected chi connectivity index (χ2v) is 9.13. The molecule has 1 heterocycles. The van der Waals surface area contributed by atoms with Crippen molar-refractivity contribution in [3.8, 4) is 0 Å². The number of fused-ring (bicyclic) bond motifs is 1. The molecule has 3 aromatic rings. The summed E-state index contributed by atoms with van der Waals surface area (Å²) in [4.78, 5) is 0.169. The Labute approximate surface area is 163 Å². The highest BCUT2D eigenvalue weighted by atomic mass is 35.5. The first-order valence-corrected chi connectivity index (χ1v) is 10.5. The molecule has 1 aliphatic rings. The minimum Gasteiger partial charge on any atom is -0.380 e. The van der Waals surface area contributed by atoms with E-state index in [1.54, 1.807) is 48.5 Å². The van der Waals surface area contributed by atoms with Gasteiger partial charge in [0.05, 0.1) is 10.6 Å². The molecule has 1 aliphatic carbocycles. The predicted octanol–water partition coefficient (Wildman–Crippen LogP) is 3.65. The predicted molar refractivity (Wildman–Crippen MR) is 103 cm³/mol. The van der Waals surface area contributed by atoms with Crippen molar-refractivity contribution >= 4 is 21.6 Å². The average Bonchev–Trinajstić information content (AvgIpc) is 3.09. The molecule has 0 radical (unpaired) electrons. The van der Waals surface area contributed by atoms with Crippen molar-refractivity contribution in [2.75, 3.05) is 0 Å². The molecule has 140 valence electrons. The van der Waals surface area contributed by atoms with Gasteiger partial charge < -0.3 is 5.11 Å². The van der Waals surface area contributed by atoms with Crippen molar-refractivity contribution in [3.05, 3.63) is 82.1 Å². The summed E-state index contributed by atoms with van der Waals surface area (Å²) < 4.78 is 26.9. The maximum absolute atomic E-state index is 13.0. The van der Waals surface area contributed by atoms with E-state index in [0.717, 1.165) is 9.65 Å². The zero-order valence-electron chi connectivity index (χ0n) is 14.8. The van der Waals surface area contributed by atoms with E-state index in [0.29, 0.717) is 41.1 Å². The van der Waals surface area contributed by atoms with Crippen LogP contribution in [0.1, 0.15) is 35.2 Å².